The fourth-order valence-corrected chi connectivity index (χ4v) is 1.30. The molecule has 0 spiro atoms. The zero-order valence-electron chi connectivity index (χ0n) is 8.17. The number of methoxy groups -OCH3 is 1. The second-order valence-corrected chi connectivity index (χ2v) is 3.40. The van der Waals surface area contributed by atoms with Crippen LogP contribution in [0.25, 0.3) is 6.08 Å². The monoisotopic (exact) mass is 272 g/mol. The van der Waals surface area contributed by atoms with Gasteiger partial charge in [-0.3, -0.25) is 0 Å². The van der Waals surface area contributed by atoms with E-state index in [-0.39, 0.29) is 5.56 Å². The van der Waals surface area contributed by atoms with E-state index < -0.39 is 11.8 Å². The Balaban J connectivity index is 3.11. The first-order chi connectivity index (χ1) is 7.20. The molecule has 1 aromatic rings. The van der Waals surface area contributed by atoms with Crippen molar-refractivity contribution in [1.82, 2.24) is 0 Å². The maximum absolute atomic E-state index is 13.7. The fourth-order valence-electron chi connectivity index (χ4n) is 1.12. The zero-order chi connectivity index (χ0) is 11.3. The van der Waals surface area contributed by atoms with Crippen LogP contribution < -0.4 is 0 Å². The topological polar surface area (TPSA) is 26.3 Å². The van der Waals surface area contributed by atoms with Crippen LogP contribution >= 0.6 is 15.9 Å². The number of esters is 1. The molecular weight excluding hydrogens is 263 g/mol. The van der Waals surface area contributed by atoms with E-state index in [4.69, 9.17) is 0 Å². The highest BCUT2D eigenvalue weighted by molar-refractivity contribution is 9.09. The predicted octanol–water partition coefficient (Wildman–Crippen LogP) is 3.02. The van der Waals surface area contributed by atoms with Gasteiger partial charge >= 0.3 is 5.97 Å². The van der Waals surface area contributed by atoms with Gasteiger partial charge in [-0.25, -0.2) is 9.18 Å². The highest BCUT2D eigenvalue weighted by atomic mass is 79.9. The van der Waals surface area contributed by atoms with Crippen LogP contribution in [0.1, 0.15) is 15.9 Å². The smallest absolute Gasteiger partial charge is 0.340 e. The number of hydrogen-bond acceptors (Lipinski definition) is 2. The molecule has 0 aliphatic heterocycles. The third-order valence-electron chi connectivity index (χ3n) is 1.82. The van der Waals surface area contributed by atoms with Crippen molar-refractivity contribution in [3.63, 3.8) is 0 Å². The number of halogens is 2. The third kappa shape index (κ3) is 2.89. The highest BCUT2D eigenvalue weighted by Gasteiger charge is 2.13. The molecule has 0 atom stereocenters. The average Bonchev–Trinajstić information content (AvgIpc) is 2.27. The van der Waals surface area contributed by atoms with E-state index in [0.29, 0.717) is 10.9 Å². The van der Waals surface area contributed by atoms with Gasteiger partial charge in [-0.2, -0.15) is 0 Å². The molecule has 2 nitrogen and oxygen atoms in total. The van der Waals surface area contributed by atoms with E-state index in [9.17, 15) is 9.18 Å². The summed E-state index contributed by atoms with van der Waals surface area (Å²) in [5.41, 5.74) is 0.326. The van der Waals surface area contributed by atoms with E-state index in [1.54, 1.807) is 24.3 Å². The van der Waals surface area contributed by atoms with Crippen LogP contribution in [0.4, 0.5) is 4.39 Å². The van der Waals surface area contributed by atoms with Crippen molar-refractivity contribution in [2.45, 2.75) is 0 Å². The molecule has 0 saturated heterocycles. The molecule has 0 heterocycles. The van der Waals surface area contributed by atoms with Crippen LogP contribution in [0.5, 0.6) is 0 Å². The largest absolute Gasteiger partial charge is 0.465 e. The van der Waals surface area contributed by atoms with Gasteiger partial charge in [-0.1, -0.05) is 40.2 Å². The number of carbonyl (C=O) groups is 1. The first-order valence-corrected chi connectivity index (χ1v) is 5.42. The van der Waals surface area contributed by atoms with Crippen LogP contribution in [-0.2, 0) is 4.74 Å². The Morgan fingerprint density at radius 2 is 2.33 bits per heavy atom. The summed E-state index contributed by atoms with van der Waals surface area (Å²) < 4.78 is 18.1. The molecule has 0 N–H and O–H groups in total. The number of hydrogen-bond donors (Lipinski definition) is 0. The van der Waals surface area contributed by atoms with Gasteiger partial charge < -0.3 is 4.74 Å². The quantitative estimate of drug-likeness (QED) is 0.625. The Bertz CT molecular complexity index is 388. The average molecular weight is 273 g/mol. The van der Waals surface area contributed by atoms with E-state index in [1.807, 2.05) is 0 Å². The lowest BCUT2D eigenvalue weighted by atomic mass is 10.1. The molecule has 0 radical (unpaired) electrons. The molecule has 0 aromatic heterocycles. The maximum atomic E-state index is 13.7. The maximum Gasteiger partial charge on any atom is 0.340 e. The minimum absolute atomic E-state index is 0.0470. The molecule has 0 amide bonds. The molecule has 80 valence electrons. The van der Waals surface area contributed by atoms with Crippen LogP contribution in [-0.4, -0.2) is 18.4 Å². The van der Waals surface area contributed by atoms with Gasteiger partial charge in [0.15, 0.2) is 0 Å². The Labute approximate surface area is 95.9 Å². The molecular formula is C11H10BrFO2. The minimum Gasteiger partial charge on any atom is -0.465 e. The molecule has 0 aliphatic rings. The standard InChI is InChI=1S/C11H10BrFO2/c1-15-11(14)9-6-2-4-8(10(9)13)5-3-7-12/h2-6H,7H2,1H3. The fraction of sp³-hybridized carbons (Fsp3) is 0.182. The third-order valence-corrected chi connectivity index (χ3v) is 2.19. The number of rotatable bonds is 3. The molecule has 4 heteroatoms. The number of ether oxygens (including phenoxy) is 1. The van der Waals surface area contributed by atoms with Gasteiger partial charge in [0, 0.05) is 10.9 Å². The minimum atomic E-state index is -0.665. The van der Waals surface area contributed by atoms with Gasteiger partial charge in [-0.05, 0) is 6.07 Å². The van der Waals surface area contributed by atoms with E-state index in [0.717, 1.165) is 0 Å². The van der Waals surface area contributed by atoms with E-state index in [1.165, 1.54) is 13.2 Å². The molecule has 15 heavy (non-hydrogen) atoms. The molecule has 0 aliphatic carbocycles. The molecule has 0 unspecified atom stereocenters. The van der Waals surface area contributed by atoms with Gasteiger partial charge in [0.2, 0.25) is 0 Å². The highest BCUT2D eigenvalue weighted by Crippen LogP contribution is 2.15. The summed E-state index contributed by atoms with van der Waals surface area (Å²) in [5.74, 6) is -1.22. The summed E-state index contributed by atoms with van der Waals surface area (Å²) in [4.78, 5) is 11.2. The lowest BCUT2D eigenvalue weighted by Gasteiger charge is -2.03. The van der Waals surface area contributed by atoms with Crippen molar-refractivity contribution in [2.75, 3.05) is 12.4 Å². The predicted molar refractivity (Wildman–Crippen MR) is 60.6 cm³/mol. The van der Waals surface area contributed by atoms with Crippen LogP contribution in [0, 0.1) is 5.82 Å². The summed E-state index contributed by atoms with van der Waals surface area (Å²) in [6, 6.07) is 4.61. The zero-order valence-corrected chi connectivity index (χ0v) is 9.75. The second kappa shape index (κ2) is 5.66. The van der Waals surface area contributed by atoms with Gasteiger partial charge in [0.1, 0.15) is 5.82 Å². The van der Waals surface area contributed by atoms with E-state index in [2.05, 4.69) is 20.7 Å². The molecule has 0 saturated carbocycles. The Hall–Kier alpha value is -1.16. The van der Waals surface area contributed by atoms with Crippen molar-refractivity contribution < 1.29 is 13.9 Å². The summed E-state index contributed by atoms with van der Waals surface area (Å²) >= 11 is 3.19. The number of allylic oxidation sites excluding steroid dienone is 1. The summed E-state index contributed by atoms with van der Waals surface area (Å²) in [7, 11) is 1.22. The first-order valence-electron chi connectivity index (χ1n) is 4.30. The van der Waals surface area contributed by atoms with Crippen molar-refractivity contribution in [1.29, 1.82) is 0 Å². The van der Waals surface area contributed by atoms with Gasteiger partial charge in [-0.15, -0.1) is 0 Å². The molecule has 0 fully saturated rings. The second-order valence-electron chi connectivity index (χ2n) is 2.76. The van der Waals surface area contributed by atoms with Crippen LogP contribution in [0.15, 0.2) is 24.3 Å². The van der Waals surface area contributed by atoms with E-state index >= 15 is 0 Å². The van der Waals surface area contributed by atoms with Crippen molar-refractivity contribution in [3.05, 3.63) is 41.2 Å². The summed E-state index contributed by atoms with van der Waals surface area (Å²) in [6.45, 7) is 0. The van der Waals surface area contributed by atoms with Crippen molar-refractivity contribution >= 4 is 28.0 Å². The SMILES string of the molecule is COC(=O)c1cccc(C=CCBr)c1F. The Kier molecular flexibility index (Phi) is 4.49. The Morgan fingerprint density at radius 1 is 1.60 bits per heavy atom. The van der Waals surface area contributed by atoms with Crippen LogP contribution in [0.3, 0.4) is 0 Å². The number of alkyl halides is 1. The van der Waals surface area contributed by atoms with Gasteiger partial charge in [0.25, 0.3) is 0 Å². The Morgan fingerprint density at radius 3 is 2.93 bits per heavy atom. The normalized spacial score (nSPS) is 10.6. The molecule has 1 aromatic carbocycles. The number of carbonyl (C=O) groups excluding carboxylic acids is 1. The van der Waals surface area contributed by atoms with Gasteiger partial charge in [0.05, 0.1) is 12.7 Å². The van der Waals surface area contributed by atoms with Crippen LogP contribution in [0.2, 0.25) is 0 Å². The lowest BCUT2D eigenvalue weighted by Crippen LogP contribution is -2.05. The van der Waals surface area contributed by atoms with Crippen molar-refractivity contribution in [3.8, 4) is 0 Å². The lowest BCUT2D eigenvalue weighted by molar-refractivity contribution is 0.0595. The molecule has 1 rings (SSSR count). The summed E-state index contributed by atoms with van der Waals surface area (Å²) in [6.07, 6.45) is 3.36. The van der Waals surface area contributed by atoms with Crippen molar-refractivity contribution in [2.24, 2.45) is 0 Å². The molecule has 0 bridgehead atoms. The number of benzene rings is 1. The summed E-state index contributed by atoms with van der Waals surface area (Å²) in [5, 5.41) is 0.634. The first kappa shape index (κ1) is 11.9.